The lowest BCUT2D eigenvalue weighted by atomic mass is 10.2. The van der Waals surface area contributed by atoms with Crippen molar-refractivity contribution in [2.45, 2.75) is 0 Å². The van der Waals surface area contributed by atoms with Crippen molar-refractivity contribution in [1.29, 1.82) is 0 Å². The summed E-state index contributed by atoms with van der Waals surface area (Å²) in [6.45, 7) is 0. The molecule has 0 unspecified atom stereocenters. The van der Waals surface area contributed by atoms with E-state index in [1.54, 1.807) is 24.3 Å². The first-order chi connectivity index (χ1) is 8.15. The van der Waals surface area contributed by atoms with Gasteiger partial charge in [-0.3, -0.25) is 0 Å². The number of carbonyl (C=O) groups is 1. The molecule has 0 fully saturated rings. The molecule has 0 saturated carbocycles. The zero-order valence-corrected chi connectivity index (χ0v) is 9.52. The van der Waals surface area contributed by atoms with Crippen molar-refractivity contribution >= 4 is 17.6 Å². The van der Waals surface area contributed by atoms with E-state index < -0.39 is 5.97 Å². The van der Waals surface area contributed by atoms with Crippen molar-refractivity contribution in [1.82, 2.24) is 0 Å². The number of rotatable bonds is 2. The number of phenols is 1. The molecule has 0 aliphatic heterocycles. The highest BCUT2D eigenvalue weighted by atomic mass is 35.5. The van der Waals surface area contributed by atoms with Gasteiger partial charge >= 0.3 is 5.97 Å². The van der Waals surface area contributed by atoms with Crippen LogP contribution in [-0.4, -0.2) is 11.1 Å². The number of esters is 1. The molecule has 0 aromatic heterocycles. The average molecular weight is 249 g/mol. The number of carbonyl (C=O) groups excluding carboxylic acids is 1. The SMILES string of the molecule is O=C(Oc1ccc(O)cc1)c1ccc(Cl)cc1. The molecule has 2 rings (SSSR count). The van der Waals surface area contributed by atoms with E-state index in [4.69, 9.17) is 21.4 Å². The van der Waals surface area contributed by atoms with Crippen LogP contribution in [0.25, 0.3) is 0 Å². The summed E-state index contributed by atoms with van der Waals surface area (Å²) < 4.78 is 5.10. The fraction of sp³-hybridized carbons (Fsp3) is 0. The Morgan fingerprint density at radius 1 is 1.00 bits per heavy atom. The molecule has 0 heterocycles. The Hall–Kier alpha value is -2.00. The second kappa shape index (κ2) is 4.89. The maximum atomic E-state index is 11.7. The van der Waals surface area contributed by atoms with Crippen LogP contribution in [0.2, 0.25) is 5.02 Å². The van der Waals surface area contributed by atoms with E-state index in [-0.39, 0.29) is 5.75 Å². The largest absolute Gasteiger partial charge is 0.508 e. The molecule has 3 nitrogen and oxygen atoms in total. The third kappa shape index (κ3) is 2.98. The van der Waals surface area contributed by atoms with Gasteiger partial charge in [0.2, 0.25) is 0 Å². The van der Waals surface area contributed by atoms with E-state index in [1.807, 2.05) is 0 Å². The second-order valence-electron chi connectivity index (χ2n) is 3.39. The molecule has 0 saturated heterocycles. The normalized spacial score (nSPS) is 9.94. The number of hydrogen-bond donors (Lipinski definition) is 1. The van der Waals surface area contributed by atoms with Crippen molar-refractivity contribution in [3.05, 3.63) is 59.1 Å². The molecule has 4 heteroatoms. The summed E-state index contributed by atoms with van der Waals surface area (Å²) >= 11 is 5.71. The maximum absolute atomic E-state index is 11.7. The van der Waals surface area contributed by atoms with E-state index in [9.17, 15) is 4.79 Å². The van der Waals surface area contributed by atoms with Crippen LogP contribution in [0.3, 0.4) is 0 Å². The smallest absolute Gasteiger partial charge is 0.343 e. The molecular weight excluding hydrogens is 240 g/mol. The lowest BCUT2D eigenvalue weighted by molar-refractivity contribution is 0.0734. The minimum absolute atomic E-state index is 0.122. The van der Waals surface area contributed by atoms with E-state index in [0.29, 0.717) is 16.3 Å². The Kier molecular flexibility index (Phi) is 3.30. The number of benzene rings is 2. The third-order valence-electron chi connectivity index (χ3n) is 2.13. The molecule has 1 N–H and O–H groups in total. The van der Waals surface area contributed by atoms with E-state index in [0.717, 1.165) is 0 Å². The number of hydrogen-bond acceptors (Lipinski definition) is 3. The van der Waals surface area contributed by atoms with Crippen LogP contribution >= 0.6 is 11.6 Å². The molecule has 0 amide bonds. The zero-order valence-electron chi connectivity index (χ0n) is 8.76. The lowest BCUT2D eigenvalue weighted by Crippen LogP contribution is -2.07. The predicted octanol–water partition coefficient (Wildman–Crippen LogP) is 3.26. The number of aromatic hydroxyl groups is 1. The summed E-state index contributed by atoms with van der Waals surface area (Å²) in [4.78, 5) is 11.7. The molecule has 0 atom stereocenters. The van der Waals surface area contributed by atoms with Crippen LogP contribution in [0.1, 0.15) is 10.4 Å². The van der Waals surface area contributed by atoms with Crippen molar-refractivity contribution < 1.29 is 14.6 Å². The minimum Gasteiger partial charge on any atom is -0.508 e. The average Bonchev–Trinajstić information content (AvgIpc) is 2.33. The molecule has 0 aliphatic rings. The first kappa shape index (κ1) is 11.5. The molecule has 0 spiro atoms. The minimum atomic E-state index is -0.465. The second-order valence-corrected chi connectivity index (χ2v) is 3.83. The number of ether oxygens (including phenoxy) is 1. The van der Waals surface area contributed by atoms with Crippen LogP contribution in [0.4, 0.5) is 0 Å². The van der Waals surface area contributed by atoms with Crippen LogP contribution in [0.15, 0.2) is 48.5 Å². The zero-order chi connectivity index (χ0) is 12.3. The quantitative estimate of drug-likeness (QED) is 0.655. The molecule has 0 aliphatic carbocycles. The summed E-state index contributed by atoms with van der Waals surface area (Å²) in [5, 5.41) is 9.64. The maximum Gasteiger partial charge on any atom is 0.343 e. The monoisotopic (exact) mass is 248 g/mol. The Balaban J connectivity index is 2.11. The van der Waals surface area contributed by atoms with Crippen LogP contribution in [-0.2, 0) is 0 Å². The summed E-state index contributed by atoms with van der Waals surface area (Å²) in [5.74, 6) is 0.0337. The highest BCUT2D eigenvalue weighted by molar-refractivity contribution is 6.30. The Bertz CT molecular complexity index is 517. The Labute approximate surface area is 103 Å². The predicted molar refractivity (Wildman–Crippen MR) is 64.5 cm³/mol. The van der Waals surface area contributed by atoms with Gasteiger partial charge in [0.25, 0.3) is 0 Å². The molecule has 2 aromatic carbocycles. The summed E-state index contributed by atoms with van der Waals surface area (Å²) in [6, 6.07) is 12.3. The topological polar surface area (TPSA) is 46.5 Å². The van der Waals surface area contributed by atoms with Gasteiger partial charge < -0.3 is 9.84 Å². The third-order valence-corrected chi connectivity index (χ3v) is 2.38. The number of halogens is 1. The van der Waals surface area contributed by atoms with Gasteiger partial charge in [0.1, 0.15) is 11.5 Å². The van der Waals surface area contributed by atoms with Gasteiger partial charge in [-0.05, 0) is 48.5 Å². The summed E-state index contributed by atoms with van der Waals surface area (Å²) in [7, 11) is 0. The van der Waals surface area contributed by atoms with E-state index in [2.05, 4.69) is 0 Å². The van der Waals surface area contributed by atoms with Gasteiger partial charge in [-0.1, -0.05) is 11.6 Å². The van der Waals surface area contributed by atoms with Crippen LogP contribution < -0.4 is 4.74 Å². The highest BCUT2D eigenvalue weighted by Gasteiger charge is 2.07. The Morgan fingerprint density at radius 2 is 1.59 bits per heavy atom. The fourth-order valence-electron chi connectivity index (χ4n) is 1.27. The van der Waals surface area contributed by atoms with Gasteiger partial charge in [0, 0.05) is 5.02 Å². The first-order valence-electron chi connectivity index (χ1n) is 4.92. The van der Waals surface area contributed by atoms with Crippen molar-refractivity contribution in [3.63, 3.8) is 0 Å². The van der Waals surface area contributed by atoms with Crippen LogP contribution in [0, 0.1) is 0 Å². The molecular formula is C13H9ClO3. The van der Waals surface area contributed by atoms with Crippen molar-refractivity contribution in [2.24, 2.45) is 0 Å². The summed E-state index contributed by atoms with van der Waals surface area (Å²) in [6.07, 6.45) is 0. The van der Waals surface area contributed by atoms with Gasteiger partial charge in [0.05, 0.1) is 5.56 Å². The highest BCUT2D eigenvalue weighted by Crippen LogP contribution is 2.18. The van der Waals surface area contributed by atoms with Crippen LogP contribution in [0.5, 0.6) is 11.5 Å². The van der Waals surface area contributed by atoms with Crippen molar-refractivity contribution in [3.8, 4) is 11.5 Å². The van der Waals surface area contributed by atoms with E-state index >= 15 is 0 Å². The van der Waals surface area contributed by atoms with Gasteiger partial charge in [0.15, 0.2) is 0 Å². The molecule has 86 valence electrons. The molecule has 17 heavy (non-hydrogen) atoms. The van der Waals surface area contributed by atoms with Gasteiger partial charge in [-0.15, -0.1) is 0 Å². The van der Waals surface area contributed by atoms with Gasteiger partial charge in [-0.25, -0.2) is 4.79 Å². The van der Waals surface area contributed by atoms with E-state index in [1.165, 1.54) is 24.3 Å². The molecule has 2 aromatic rings. The Morgan fingerprint density at radius 3 is 2.18 bits per heavy atom. The van der Waals surface area contributed by atoms with Crippen molar-refractivity contribution in [2.75, 3.05) is 0 Å². The molecule has 0 radical (unpaired) electrons. The lowest BCUT2D eigenvalue weighted by Gasteiger charge is -2.04. The summed E-state index contributed by atoms with van der Waals surface area (Å²) in [5.41, 5.74) is 0.419. The van der Waals surface area contributed by atoms with Gasteiger partial charge in [-0.2, -0.15) is 0 Å². The number of phenolic OH excluding ortho intramolecular Hbond substituents is 1. The fourth-order valence-corrected chi connectivity index (χ4v) is 1.39. The standard InChI is InChI=1S/C13H9ClO3/c14-10-3-1-9(2-4-10)13(16)17-12-7-5-11(15)6-8-12/h1-8,15H. The molecule has 0 bridgehead atoms. The first-order valence-corrected chi connectivity index (χ1v) is 5.30.